The highest BCUT2D eigenvalue weighted by Gasteiger charge is 2.16. The number of nitrogens with zero attached hydrogens (tertiary/aromatic N) is 1. The van der Waals surface area contributed by atoms with Gasteiger partial charge in [-0.2, -0.15) is 0 Å². The lowest BCUT2D eigenvalue weighted by atomic mass is 9.92. The molecule has 15 heavy (non-hydrogen) atoms. The van der Waals surface area contributed by atoms with Gasteiger partial charge < -0.3 is 5.11 Å². The SMILES string of the molecule is CCC(c1ccc([N+](=O)[O-])cc1)C(C)O. The first-order valence-electron chi connectivity index (χ1n) is 4.98. The van der Waals surface area contributed by atoms with Gasteiger partial charge in [-0.05, 0) is 18.9 Å². The topological polar surface area (TPSA) is 63.4 Å². The molecular formula is C11H15NO3. The van der Waals surface area contributed by atoms with Crippen molar-refractivity contribution in [3.8, 4) is 0 Å². The summed E-state index contributed by atoms with van der Waals surface area (Å²) < 4.78 is 0. The van der Waals surface area contributed by atoms with Crippen molar-refractivity contribution < 1.29 is 10.0 Å². The van der Waals surface area contributed by atoms with Crippen molar-refractivity contribution in [1.82, 2.24) is 0 Å². The number of nitro benzene ring substituents is 1. The molecule has 0 saturated carbocycles. The van der Waals surface area contributed by atoms with E-state index in [1.165, 1.54) is 12.1 Å². The average molecular weight is 209 g/mol. The third-order valence-corrected chi connectivity index (χ3v) is 2.55. The summed E-state index contributed by atoms with van der Waals surface area (Å²) in [6.45, 7) is 3.72. The predicted molar refractivity (Wildman–Crippen MR) is 57.8 cm³/mol. The molecule has 1 rings (SSSR count). The van der Waals surface area contributed by atoms with Crippen LogP contribution in [0.25, 0.3) is 0 Å². The van der Waals surface area contributed by atoms with Crippen LogP contribution in [-0.4, -0.2) is 16.1 Å². The maximum absolute atomic E-state index is 10.4. The largest absolute Gasteiger partial charge is 0.393 e. The maximum atomic E-state index is 10.4. The van der Waals surface area contributed by atoms with E-state index in [0.29, 0.717) is 0 Å². The highest BCUT2D eigenvalue weighted by atomic mass is 16.6. The number of hydrogen-bond acceptors (Lipinski definition) is 3. The van der Waals surface area contributed by atoms with Crippen LogP contribution in [0, 0.1) is 10.1 Å². The lowest BCUT2D eigenvalue weighted by Gasteiger charge is -2.17. The van der Waals surface area contributed by atoms with Crippen LogP contribution >= 0.6 is 0 Å². The molecule has 0 bridgehead atoms. The van der Waals surface area contributed by atoms with Gasteiger partial charge >= 0.3 is 0 Å². The fraction of sp³-hybridized carbons (Fsp3) is 0.455. The summed E-state index contributed by atoms with van der Waals surface area (Å²) in [4.78, 5) is 10.0. The van der Waals surface area contributed by atoms with Crippen LogP contribution in [0.3, 0.4) is 0 Å². The Morgan fingerprint density at radius 1 is 1.40 bits per heavy atom. The van der Waals surface area contributed by atoms with Crippen molar-refractivity contribution in [3.05, 3.63) is 39.9 Å². The first-order chi connectivity index (χ1) is 7.06. The lowest BCUT2D eigenvalue weighted by molar-refractivity contribution is -0.384. The minimum atomic E-state index is -0.434. The number of non-ortho nitro benzene ring substituents is 1. The Balaban J connectivity index is 2.92. The van der Waals surface area contributed by atoms with E-state index < -0.39 is 11.0 Å². The lowest BCUT2D eigenvalue weighted by Crippen LogP contribution is -2.13. The van der Waals surface area contributed by atoms with E-state index in [0.717, 1.165) is 12.0 Å². The molecule has 0 amide bonds. The average Bonchev–Trinajstić information content (AvgIpc) is 2.19. The molecule has 0 radical (unpaired) electrons. The Hall–Kier alpha value is -1.42. The fourth-order valence-electron chi connectivity index (χ4n) is 1.70. The Kier molecular flexibility index (Phi) is 3.80. The second-order valence-corrected chi connectivity index (χ2v) is 3.60. The summed E-state index contributed by atoms with van der Waals surface area (Å²) in [5.74, 6) is 0.0470. The monoisotopic (exact) mass is 209 g/mol. The van der Waals surface area contributed by atoms with Gasteiger partial charge in [0.1, 0.15) is 0 Å². The summed E-state index contributed by atoms with van der Waals surface area (Å²) in [7, 11) is 0. The van der Waals surface area contributed by atoms with Crippen LogP contribution in [0.15, 0.2) is 24.3 Å². The Morgan fingerprint density at radius 3 is 2.27 bits per heavy atom. The van der Waals surface area contributed by atoms with E-state index >= 15 is 0 Å². The normalized spacial score (nSPS) is 14.6. The molecule has 0 fully saturated rings. The minimum absolute atomic E-state index is 0.0470. The smallest absolute Gasteiger partial charge is 0.269 e. The van der Waals surface area contributed by atoms with E-state index in [1.54, 1.807) is 19.1 Å². The summed E-state index contributed by atoms with van der Waals surface area (Å²) in [6.07, 6.45) is 0.381. The molecule has 2 unspecified atom stereocenters. The van der Waals surface area contributed by atoms with Gasteiger partial charge in [0.05, 0.1) is 11.0 Å². The third-order valence-electron chi connectivity index (χ3n) is 2.55. The summed E-state index contributed by atoms with van der Waals surface area (Å²) >= 11 is 0. The predicted octanol–water partition coefficient (Wildman–Crippen LogP) is 2.47. The Bertz CT molecular complexity index is 332. The van der Waals surface area contributed by atoms with E-state index in [1.807, 2.05) is 6.92 Å². The van der Waals surface area contributed by atoms with Gasteiger partial charge in [0.25, 0.3) is 5.69 Å². The van der Waals surface area contributed by atoms with Crippen LogP contribution < -0.4 is 0 Å². The van der Waals surface area contributed by atoms with Crippen molar-refractivity contribution in [1.29, 1.82) is 0 Å². The molecule has 0 spiro atoms. The van der Waals surface area contributed by atoms with Crippen molar-refractivity contribution in [2.75, 3.05) is 0 Å². The van der Waals surface area contributed by atoms with Crippen molar-refractivity contribution >= 4 is 5.69 Å². The molecule has 1 aromatic carbocycles. The van der Waals surface area contributed by atoms with Crippen LogP contribution in [0.5, 0.6) is 0 Å². The zero-order valence-electron chi connectivity index (χ0n) is 8.88. The van der Waals surface area contributed by atoms with Gasteiger partial charge in [0, 0.05) is 18.1 Å². The van der Waals surface area contributed by atoms with Gasteiger partial charge in [-0.25, -0.2) is 0 Å². The summed E-state index contributed by atoms with van der Waals surface area (Å²) in [5.41, 5.74) is 1.03. The van der Waals surface area contributed by atoms with E-state index in [2.05, 4.69) is 0 Å². The number of hydrogen-bond donors (Lipinski definition) is 1. The molecule has 2 atom stereocenters. The molecule has 0 aliphatic heterocycles. The number of aliphatic hydroxyl groups excluding tert-OH is 1. The molecule has 0 saturated heterocycles. The third kappa shape index (κ3) is 2.76. The van der Waals surface area contributed by atoms with Crippen LogP contribution in [-0.2, 0) is 0 Å². The molecule has 82 valence electrons. The molecule has 0 aliphatic carbocycles. The molecule has 0 heterocycles. The molecule has 4 nitrogen and oxygen atoms in total. The van der Waals surface area contributed by atoms with E-state index in [4.69, 9.17) is 0 Å². The van der Waals surface area contributed by atoms with Crippen LogP contribution in [0.4, 0.5) is 5.69 Å². The minimum Gasteiger partial charge on any atom is -0.393 e. The van der Waals surface area contributed by atoms with Gasteiger partial charge in [-0.1, -0.05) is 19.1 Å². The van der Waals surface area contributed by atoms with Gasteiger partial charge in [-0.15, -0.1) is 0 Å². The van der Waals surface area contributed by atoms with E-state index in [-0.39, 0.29) is 11.6 Å². The van der Waals surface area contributed by atoms with Crippen LogP contribution in [0.2, 0.25) is 0 Å². The van der Waals surface area contributed by atoms with Gasteiger partial charge in [0.15, 0.2) is 0 Å². The van der Waals surface area contributed by atoms with Crippen molar-refractivity contribution in [2.24, 2.45) is 0 Å². The quantitative estimate of drug-likeness (QED) is 0.612. The zero-order chi connectivity index (χ0) is 11.4. The number of aliphatic hydroxyl groups is 1. The standard InChI is InChI=1S/C11H15NO3/c1-3-11(8(2)13)9-4-6-10(7-5-9)12(14)15/h4-8,11,13H,3H2,1-2H3. The van der Waals surface area contributed by atoms with E-state index in [9.17, 15) is 15.2 Å². The second-order valence-electron chi connectivity index (χ2n) is 3.60. The molecule has 1 N–H and O–H groups in total. The van der Waals surface area contributed by atoms with Gasteiger partial charge in [-0.3, -0.25) is 10.1 Å². The Labute approximate surface area is 88.7 Å². The summed E-state index contributed by atoms with van der Waals surface area (Å²) in [5, 5.41) is 20.0. The fourth-order valence-corrected chi connectivity index (χ4v) is 1.70. The van der Waals surface area contributed by atoms with Crippen molar-refractivity contribution in [2.45, 2.75) is 32.3 Å². The molecular weight excluding hydrogens is 194 g/mol. The van der Waals surface area contributed by atoms with Crippen LogP contribution in [0.1, 0.15) is 31.7 Å². The Morgan fingerprint density at radius 2 is 1.93 bits per heavy atom. The summed E-state index contributed by atoms with van der Waals surface area (Å²) in [6, 6.07) is 6.36. The van der Waals surface area contributed by atoms with Gasteiger partial charge in [0.2, 0.25) is 0 Å². The molecule has 1 aromatic rings. The number of rotatable bonds is 4. The molecule has 0 aromatic heterocycles. The first kappa shape index (κ1) is 11.7. The first-order valence-corrected chi connectivity index (χ1v) is 4.98. The second kappa shape index (κ2) is 4.89. The maximum Gasteiger partial charge on any atom is 0.269 e. The zero-order valence-corrected chi connectivity index (χ0v) is 8.88. The highest BCUT2D eigenvalue weighted by molar-refractivity contribution is 5.34. The highest BCUT2D eigenvalue weighted by Crippen LogP contribution is 2.25. The number of nitro groups is 1. The molecule has 0 aliphatic rings. The molecule has 4 heteroatoms. The van der Waals surface area contributed by atoms with Crippen molar-refractivity contribution in [3.63, 3.8) is 0 Å². The number of benzene rings is 1.